The van der Waals surface area contributed by atoms with E-state index in [1.807, 2.05) is 25.1 Å². The fraction of sp³-hybridized carbons (Fsp3) is 0.385. The fourth-order valence-corrected chi connectivity index (χ4v) is 1.99. The van der Waals surface area contributed by atoms with Crippen molar-refractivity contribution in [3.05, 3.63) is 29.6 Å². The summed E-state index contributed by atoms with van der Waals surface area (Å²) in [4.78, 5) is 4.45. The smallest absolute Gasteiger partial charge is 0.257 e. The van der Waals surface area contributed by atoms with Crippen LogP contribution in [0.5, 0.6) is 0 Å². The second-order valence-electron chi connectivity index (χ2n) is 4.85. The molecule has 0 spiro atoms. The van der Waals surface area contributed by atoms with Crippen molar-refractivity contribution in [3.8, 4) is 11.5 Å². The van der Waals surface area contributed by atoms with Gasteiger partial charge in [-0.15, -0.1) is 0 Å². The normalized spacial score (nSPS) is 22.7. The van der Waals surface area contributed by atoms with Gasteiger partial charge < -0.3 is 10.3 Å². The SMILES string of the molecule is Cc1cc(-c2nc(C3CC3C)no2)ccc1N. The molecule has 0 amide bonds. The predicted molar refractivity (Wildman–Crippen MR) is 65.4 cm³/mol. The van der Waals surface area contributed by atoms with Crippen LogP contribution in [0, 0.1) is 12.8 Å². The number of rotatable bonds is 2. The highest BCUT2D eigenvalue weighted by molar-refractivity contribution is 5.60. The Balaban J connectivity index is 1.92. The van der Waals surface area contributed by atoms with E-state index in [-0.39, 0.29) is 0 Å². The minimum Gasteiger partial charge on any atom is -0.399 e. The Morgan fingerprint density at radius 1 is 1.41 bits per heavy atom. The summed E-state index contributed by atoms with van der Waals surface area (Å²) in [5.74, 6) is 2.60. The Morgan fingerprint density at radius 3 is 2.82 bits per heavy atom. The number of nitrogens with two attached hydrogens (primary N) is 1. The van der Waals surface area contributed by atoms with Crippen molar-refractivity contribution in [1.82, 2.24) is 10.1 Å². The Bertz CT molecular complexity index is 562. The summed E-state index contributed by atoms with van der Waals surface area (Å²) in [6.45, 7) is 4.17. The highest BCUT2D eigenvalue weighted by Gasteiger charge is 2.38. The summed E-state index contributed by atoms with van der Waals surface area (Å²) in [7, 11) is 0. The topological polar surface area (TPSA) is 64.9 Å². The van der Waals surface area contributed by atoms with Crippen LogP contribution in [0.1, 0.15) is 30.7 Å². The molecule has 0 radical (unpaired) electrons. The second-order valence-corrected chi connectivity index (χ2v) is 4.85. The predicted octanol–water partition coefficient (Wildman–Crippen LogP) is 2.75. The summed E-state index contributed by atoms with van der Waals surface area (Å²) in [6, 6.07) is 5.76. The minimum atomic E-state index is 0.488. The maximum atomic E-state index is 5.78. The van der Waals surface area contributed by atoms with Gasteiger partial charge in [0.05, 0.1) is 0 Å². The molecule has 1 aliphatic carbocycles. The van der Waals surface area contributed by atoms with Gasteiger partial charge in [0.2, 0.25) is 0 Å². The van der Waals surface area contributed by atoms with Gasteiger partial charge in [-0.3, -0.25) is 0 Å². The Hall–Kier alpha value is -1.84. The van der Waals surface area contributed by atoms with Gasteiger partial charge in [-0.05, 0) is 43.0 Å². The van der Waals surface area contributed by atoms with Crippen LogP contribution in [-0.4, -0.2) is 10.1 Å². The first-order valence-corrected chi connectivity index (χ1v) is 5.85. The summed E-state index contributed by atoms with van der Waals surface area (Å²) in [5.41, 5.74) is 8.53. The molecule has 2 aromatic rings. The quantitative estimate of drug-likeness (QED) is 0.804. The molecule has 0 aliphatic heterocycles. The van der Waals surface area contributed by atoms with E-state index < -0.39 is 0 Å². The molecular formula is C13H15N3O. The summed E-state index contributed by atoms with van der Waals surface area (Å²) >= 11 is 0. The van der Waals surface area contributed by atoms with Crippen molar-refractivity contribution < 1.29 is 4.52 Å². The third-order valence-electron chi connectivity index (χ3n) is 3.40. The van der Waals surface area contributed by atoms with Gasteiger partial charge in [0.1, 0.15) is 0 Å². The molecule has 0 bridgehead atoms. The maximum Gasteiger partial charge on any atom is 0.257 e. The molecule has 1 fully saturated rings. The molecule has 1 aromatic carbocycles. The number of hydrogen-bond acceptors (Lipinski definition) is 4. The highest BCUT2D eigenvalue weighted by atomic mass is 16.5. The lowest BCUT2D eigenvalue weighted by Gasteiger charge is -2.00. The molecule has 88 valence electrons. The van der Waals surface area contributed by atoms with E-state index in [9.17, 15) is 0 Å². The van der Waals surface area contributed by atoms with E-state index in [1.54, 1.807) is 0 Å². The number of anilines is 1. The summed E-state index contributed by atoms with van der Waals surface area (Å²) in [6.07, 6.45) is 1.17. The lowest BCUT2D eigenvalue weighted by Crippen LogP contribution is -1.90. The van der Waals surface area contributed by atoms with Gasteiger partial charge in [0.15, 0.2) is 5.82 Å². The van der Waals surface area contributed by atoms with Crippen LogP contribution in [0.15, 0.2) is 22.7 Å². The van der Waals surface area contributed by atoms with Gasteiger partial charge in [-0.1, -0.05) is 12.1 Å². The molecule has 2 unspecified atom stereocenters. The molecule has 0 saturated heterocycles. The van der Waals surface area contributed by atoms with Crippen LogP contribution in [-0.2, 0) is 0 Å². The molecule has 1 heterocycles. The van der Waals surface area contributed by atoms with Gasteiger partial charge in [0.25, 0.3) is 5.89 Å². The van der Waals surface area contributed by atoms with Crippen molar-refractivity contribution in [1.29, 1.82) is 0 Å². The number of nitrogen functional groups attached to an aromatic ring is 1. The number of aryl methyl sites for hydroxylation is 1. The van der Waals surface area contributed by atoms with E-state index in [0.717, 1.165) is 22.6 Å². The van der Waals surface area contributed by atoms with Gasteiger partial charge >= 0.3 is 0 Å². The largest absolute Gasteiger partial charge is 0.399 e. The molecule has 17 heavy (non-hydrogen) atoms. The first-order valence-electron chi connectivity index (χ1n) is 5.85. The third-order valence-corrected chi connectivity index (χ3v) is 3.40. The molecule has 4 heteroatoms. The van der Waals surface area contributed by atoms with Crippen LogP contribution in [0.2, 0.25) is 0 Å². The van der Waals surface area contributed by atoms with Crippen LogP contribution in [0.4, 0.5) is 5.69 Å². The third kappa shape index (κ3) is 1.79. The van der Waals surface area contributed by atoms with Crippen molar-refractivity contribution in [3.63, 3.8) is 0 Å². The first kappa shape index (κ1) is 10.3. The minimum absolute atomic E-state index is 0.488. The Labute approximate surface area is 99.8 Å². The number of aromatic nitrogens is 2. The standard InChI is InChI=1S/C13H15N3O/c1-7-6-10(7)12-15-13(17-16-12)9-3-4-11(14)8(2)5-9/h3-5,7,10H,6,14H2,1-2H3. The van der Waals surface area contributed by atoms with Crippen LogP contribution >= 0.6 is 0 Å². The molecule has 1 aliphatic rings. The van der Waals surface area contributed by atoms with Crippen molar-refractivity contribution in [2.75, 3.05) is 5.73 Å². The highest BCUT2D eigenvalue weighted by Crippen LogP contribution is 2.45. The average molecular weight is 229 g/mol. The van der Waals surface area contributed by atoms with E-state index >= 15 is 0 Å². The Kier molecular flexibility index (Phi) is 2.18. The number of benzene rings is 1. The summed E-state index contributed by atoms with van der Waals surface area (Å²) < 4.78 is 5.29. The lowest BCUT2D eigenvalue weighted by molar-refractivity contribution is 0.422. The zero-order chi connectivity index (χ0) is 12.0. The van der Waals surface area contributed by atoms with Crippen LogP contribution in [0.3, 0.4) is 0 Å². The lowest BCUT2D eigenvalue weighted by atomic mass is 10.1. The fourth-order valence-electron chi connectivity index (χ4n) is 1.99. The van der Waals surface area contributed by atoms with E-state index in [2.05, 4.69) is 17.1 Å². The van der Waals surface area contributed by atoms with Crippen LogP contribution in [0.25, 0.3) is 11.5 Å². The molecule has 2 atom stereocenters. The van der Waals surface area contributed by atoms with E-state index in [4.69, 9.17) is 10.3 Å². The molecule has 3 rings (SSSR count). The van der Waals surface area contributed by atoms with E-state index in [1.165, 1.54) is 6.42 Å². The number of nitrogens with zero attached hydrogens (tertiary/aromatic N) is 2. The molecule has 1 saturated carbocycles. The van der Waals surface area contributed by atoms with E-state index in [0.29, 0.717) is 17.7 Å². The molecule has 1 aromatic heterocycles. The first-order chi connectivity index (χ1) is 8.15. The molecule has 2 N–H and O–H groups in total. The summed E-state index contributed by atoms with van der Waals surface area (Å²) in [5, 5.41) is 4.04. The Morgan fingerprint density at radius 2 is 2.18 bits per heavy atom. The van der Waals surface area contributed by atoms with Crippen molar-refractivity contribution in [2.24, 2.45) is 5.92 Å². The van der Waals surface area contributed by atoms with Crippen LogP contribution < -0.4 is 5.73 Å². The average Bonchev–Trinajstić information content (AvgIpc) is 2.86. The van der Waals surface area contributed by atoms with Gasteiger partial charge in [-0.2, -0.15) is 4.98 Å². The van der Waals surface area contributed by atoms with Crippen molar-refractivity contribution >= 4 is 5.69 Å². The van der Waals surface area contributed by atoms with Gasteiger partial charge in [0, 0.05) is 17.2 Å². The number of hydrogen-bond donors (Lipinski definition) is 1. The van der Waals surface area contributed by atoms with Crippen molar-refractivity contribution in [2.45, 2.75) is 26.2 Å². The zero-order valence-corrected chi connectivity index (χ0v) is 9.97. The molecular weight excluding hydrogens is 214 g/mol. The zero-order valence-electron chi connectivity index (χ0n) is 9.97. The molecule has 4 nitrogen and oxygen atoms in total. The van der Waals surface area contributed by atoms with Gasteiger partial charge in [-0.25, -0.2) is 0 Å². The maximum absolute atomic E-state index is 5.78. The second kappa shape index (κ2) is 3.58. The monoisotopic (exact) mass is 229 g/mol.